The Morgan fingerprint density at radius 3 is 2.81 bits per heavy atom. The molecule has 0 spiro atoms. The predicted molar refractivity (Wildman–Crippen MR) is 93.5 cm³/mol. The van der Waals surface area contributed by atoms with Crippen molar-refractivity contribution < 1.29 is 17.6 Å². The van der Waals surface area contributed by atoms with Crippen LogP contribution in [0.3, 0.4) is 0 Å². The number of rotatable bonds is 4. The molecule has 0 saturated carbocycles. The second kappa shape index (κ2) is 7.55. The van der Waals surface area contributed by atoms with E-state index in [-0.39, 0.29) is 16.8 Å². The molecule has 1 amide bonds. The number of nitrogens with zero attached hydrogens (tertiary/aromatic N) is 3. The fourth-order valence-corrected chi connectivity index (χ4v) is 4.63. The zero-order valence-electron chi connectivity index (χ0n) is 14.4. The number of hydrogen-bond acceptors (Lipinski definition) is 4. The maximum atomic E-state index is 13.4. The molecule has 1 N–H and O–H groups in total. The summed E-state index contributed by atoms with van der Waals surface area (Å²) in [5.41, 5.74) is 0.421. The highest BCUT2D eigenvalue weighted by Crippen LogP contribution is 2.23. The molecule has 140 valence electrons. The molecule has 1 aromatic heterocycles. The molecule has 26 heavy (non-hydrogen) atoms. The summed E-state index contributed by atoms with van der Waals surface area (Å²) in [5.74, 6) is -0.726. The highest BCUT2D eigenvalue weighted by Gasteiger charge is 2.31. The molecule has 0 aliphatic carbocycles. The SMILES string of the molecule is CN([C@@H]1CCCN(C(=O)c2ccn[nH]2)CC1)S(=O)(=O)c1cccc(F)c1. The van der Waals surface area contributed by atoms with Gasteiger partial charge in [0.25, 0.3) is 5.91 Å². The van der Waals surface area contributed by atoms with Crippen LogP contribution < -0.4 is 0 Å². The van der Waals surface area contributed by atoms with Gasteiger partial charge in [-0.2, -0.15) is 9.40 Å². The molecule has 3 rings (SSSR count). The van der Waals surface area contributed by atoms with Crippen molar-refractivity contribution in [3.05, 3.63) is 48.0 Å². The number of aromatic nitrogens is 2. The topological polar surface area (TPSA) is 86.4 Å². The van der Waals surface area contributed by atoms with Crippen molar-refractivity contribution in [1.29, 1.82) is 0 Å². The molecule has 0 unspecified atom stereocenters. The monoisotopic (exact) mass is 380 g/mol. The van der Waals surface area contributed by atoms with Gasteiger partial charge in [0.15, 0.2) is 0 Å². The smallest absolute Gasteiger partial charge is 0.271 e. The molecule has 2 heterocycles. The fourth-order valence-electron chi connectivity index (χ4n) is 3.18. The molecule has 1 aliphatic rings. The number of nitrogens with one attached hydrogen (secondary N) is 1. The summed E-state index contributed by atoms with van der Waals surface area (Å²) < 4.78 is 40.2. The van der Waals surface area contributed by atoms with Gasteiger partial charge < -0.3 is 4.90 Å². The van der Waals surface area contributed by atoms with E-state index in [4.69, 9.17) is 0 Å². The van der Waals surface area contributed by atoms with E-state index in [1.807, 2.05) is 0 Å². The highest BCUT2D eigenvalue weighted by atomic mass is 32.2. The summed E-state index contributed by atoms with van der Waals surface area (Å²) in [5, 5.41) is 6.44. The average molecular weight is 380 g/mol. The van der Waals surface area contributed by atoms with Gasteiger partial charge in [-0.25, -0.2) is 12.8 Å². The molecule has 2 aromatic rings. The van der Waals surface area contributed by atoms with Crippen LogP contribution in [0.15, 0.2) is 41.4 Å². The van der Waals surface area contributed by atoms with E-state index >= 15 is 0 Å². The third-order valence-corrected chi connectivity index (χ3v) is 6.61. The lowest BCUT2D eigenvalue weighted by molar-refractivity contribution is 0.0754. The van der Waals surface area contributed by atoms with E-state index in [0.29, 0.717) is 38.0 Å². The van der Waals surface area contributed by atoms with E-state index in [0.717, 1.165) is 6.07 Å². The second-order valence-corrected chi connectivity index (χ2v) is 8.32. The molecule has 1 fully saturated rings. The van der Waals surface area contributed by atoms with Crippen LogP contribution in [-0.2, 0) is 10.0 Å². The zero-order chi connectivity index (χ0) is 18.7. The summed E-state index contributed by atoms with van der Waals surface area (Å²) in [7, 11) is -2.27. The normalized spacial score (nSPS) is 18.7. The molecule has 0 radical (unpaired) electrons. The Bertz CT molecular complexity index is 870. The second-order valence-electron chi connectivity index (χ2n) is 6.33. The largest absolute Gasteiger partial charge is 0.337 e. The van der Waals surface area contributed by atoms with E-state index < -0.39 is 15.8 Å². The van der Waals surface area contributed by atoms with Gasteiger partial charge in [-0.15, -0.1) is 0 Å². The third-order valence-electron chi connectivity index (χ3n) is 4.70. The molecule has 0 bridgehead atoms. The van der Waals surface area contributed by atoms with Crippen LogP contribution in [0.4, 0.5) is 4.39 Å². The predicted octanol–water partition coefficient (Wildman–Crippen LogP) is 1.86. The van der Waals surface area contributed by atoms with Gasteiger partial charge in [0.1, 0.15) is 11.5 Å². The van der Waals surface area contributed by atoms with Gasteiger partial charge in [0.05, 0.1) is 4.90 Å². The first-order valence-corrected chi connectivity index (χ1v) is 9.86. The molecular formula is C17H21FN4O3S. The first-order valence-electron chi connectivity index (χ1n) is 8.42. The van der Waals surface area contributed by atoms with Crippen molar-refractivity contribution in [3.63, 3.8) is 0 Å². The lowest BCUT2D eigenvalue weighted by atomic mass is 10.1. The number of likely N-dealkylation sites (tertiary alicyclic amines) is 1. The number of hydrogen-bond donors (Lipinski definition) is 1. The van der Waals surface area contributed by atoms with E-state index in [9.17, 15) is 17.6 Å². The van der Waals surface area contributed by atoms with Gasteiger partial charge in [0.2, 0.25) is 10.0 Å². The summed E-state index contributed by atoms with van der Waals surface area (Å²) in [4.78, 5) is 14.1. The number of aromatic amines is 1. The van der Waals surface area contributed by atoms with Crippen molar-refractivity contribution >= 4 is 15.9 Å². The number of H-pyrrole nitrogens is 1. The van der Waals surface area contributed by atoms with Crippen molar-refractivity contribution in [3.8, 4) is 0 Å². The van der Waals surface area contributed by atoms with E-state index in [1.165, 1.54) is 35.7 Å². The minimum atomic E-state index is -3.78. The molecular weight excluding hydrogens is 359 g/mol. The number of halogens is 1. The van der Waals surface area contributed by atoms with Crippen molar-refractivity contribution in [2.75, 3.05) is 20.1 Å². The van der Waals surface area contributed by atoms with Crippen molar-refractivity contribution in [2.45, 2.75) is 30.2 Å². The average Bonchev–Trinajstić information content (AvgIpc) is 3.05. The molecule has 1 saturated heterocycles. The third kappa shape index (κ3) is 3.78. The summed E-state index contributed by atoms with van der Waals surface area (Å²) >= 11 is 0. The maximum absolute atomic E-state index is 13.4. The Labute approximate surface area is 151 Å². The molecule has 9 heteroatoms. The molecule has 1 atom stereocenters. The van der Waals surface area contributed by atoms with E-state index in [1.54, 1.807) is 11.0 Å². The molecule has 7 nitrogen and oxygen atoms in total. The first-order chi connectivity index (χ1) is 12.4. The Morgan fingerprint density at radius 1 is 1.31 bits per heavy atom. The molecule has 1 aliphatic heterocycles. The van der Waals surface area contributed by atoms with E-state index in [2.05, 4.69) is 10.2 Å². The van der Waals surface area contributed by atoms with Gasteiger partial charge in [-0.05, 0) is 43.5 Å². The first kappa shape index (κ1) is 18.5. The van der Waals surface area contributed by atoms with Crippen LogP contribution >= 0.6 is 0 Å². The lowest BCUT2D eigenvalue weighted by Crippen LogP contribution is -2.38. The minimum absolute atomic E-state index is 0.0605. The maximum Gasteiger partial charge on any atom is 0.271 e. The molecule has 1 aromatic carbocycles. The number of amides is 1. The van der Waals surface area contributed by atoms with Crippen LogP contribution in [0, 0.1) is 5.82 Å². The van der Waals surface area contributed by atoms with Crippen LogP contribution in [0.2, 0.25) is 0 Å². The van der Waals surface area contributed by atoms with Gasteiger partial charge in [-0.1, -0.05) is 6.07 Å². The zero-order valence-corrected chi connectivity index (χ0v) is 15.2. The number of carbonyl (C=O) groups excluding carboxylic acids is 1. The standard InChI is InChI=1S/C17H21FN4O3S/c1-21(26(24,25)15-6-2-4-13(18)12-15)14-5-3-10-22(11-8-14)17(23)16-7-9-19-20-16/h2,4,6-7,9,12,14H,3,5,8,10-11H2,1H3,(H,19,20)/t14-/m1/s1. The number of carbonyl (C=O) groups is 1. The van der Waals surface area contributed by atoms with Crippen LogP contribution in [0.1, 0.15) is 29.8 Å². The summed E-state index contributed by atoms with van der Waals surface area (Å²) in [6, 6.07) is 6.38. The Hall–Kier alpha value is -2.26. The van der Waals surface area contributed by atoms with Crippen LogP contribution in [0.5, 0.6) is 0 Å². The van der Waals surface area contributed by atoms with Gasteiger partial charge in [0, 0.05) is 32.4 Å². The van der Waals surface area contributed by atoms with Gasteiger partial charge in [-0.3, -0.25) is 9.89 Å². The van der Waals surface area contributed by atoms with Crippen molar-refractivity contribution in [1.82, 2.24) is 19.4 Å². The highest BCUT2D eigenvalue weighted by molar-refractivity contribution is 7.89. The quantitative estimate of drug-likeness (QED) is 0.877. The fraction of sp³-hybridized carbons (Fsp3) is 0.412. The summed E-state index contributed by atoms with van der Waals surface area (Å²) in [6.07, 6.45) is 3.36. The number of benzene rings is 1. The van der Waals surface area contributed by atoms with Crippen LogP contribution in [-0.4, -0.2) is 59.9 Å². The van der Waals surface area contributed by atoms with Gasteiger partial charge >= 0.3 is 0 Å². The summed E-state index contributed by atoms with van der Waals surface area (Å²) in [6.45, 7) is 1.01. The van der Waals surface area contributed by atoms with Crippen molar-refractivity contribution in [2.24, 2.45) is 0 Å². The Kier molecular flexibility index (Phi) is 5.38. The number of sulfonamides is 1. The lowest BCUT2D eigenvalue weighted by Gasteiger charge is -2.26. The Balaban J connectivity index is 1.71. The minimum Gasteiger partial charge on any atom is -0.337 e. The van der Waals surface area contributed by atoms with Crippen LogP contribution in [0.25, 0.3) is 0 Å². The Morgan fingerprint density at radius 2 is 2.12 bits per heavy atom.